The molecule has 10 heavy (non-hydrogen) atoms. The van der Waals surface area contributed by atoms with Gasteiger partial charge in [-0.25, -0.2) is 0 Å². The van der Waals surface area contributed by atoms with Crippen LogP contribution < -0.4 is 0 Å². The molecule has 0 atom stereocenters. The van der Waals surface area contributed by atoms with E-state index in [1.165, 1.54) is 0 Å². The average Bonchev–Trinajstić information content (AvgIpc) is 1.89. The van der Waals surface area contributed by atoms with Crippen molar-refractivity contribution in [2.24, 2.45) is 5.41 Å². The molecule has 1 rings (SSSR count). The summed E-state index contributed by atoms with van der Waals surface area (Å²) in [4.78, 5) is 10.8. The number of ether oxygens (including phenoxy) is 1. The molecule has 0 aromatic heterocycles. The summed E-state index contributed by atoms with van der Waals surface area (Å²) in [7, 11) is 0. The van der Waals surface area contributed by atoms with E-state index in [0.29, 0.717) is 13.2 Å². The molecule has 58 valence electrons. The topological polar surface area (TPSA) is 26.3 Å². The first-order valence-corrected chi connectivity index (χ1v) is 3.81. The molecule has 0 aromatic carbocycles. The zero-order valence-electron chi connectivity index (χ0n) is 6.02. The van der Waals surface area contributed by atoms with Gasteiger partial charge in [-0.3, -0.25) is 4.79 Å². The summed E-state index contributed by atoms with van der Waals surface area (Å²) in [5.74, 6) is 0. The van der Waals surface area contributed by atoms with Crippen molar-refractivity contribution in [1.29, 1.82) is 0 Å². The molecule has 3 heteroatoms. The van der Waals surface area contributed by atoms with Gasteiger partial charge in [-0.15, -0.1) is 0 Å². The van der Waals surface area contributed by atoms with E-state index in [2.05, 4.69) is 0 Å². The van der Waals surface area contributed by atoms with Gasteiger partial charge in [-0.2, -0.15) is 0 Å². The standard InChI is InChI=1S/C7H11ClO2/c1-7(6(8)9)2-4-10-5-3-7/h2-5H2,1H3. The van der Waals surface area contributed by atoms with Gasteiger partial charge in [0.1, 0.15) is 0 Å². The van der Waals surface area contributed by atoms with Crippen molar-refractivity contribution in [3.05, 3.63) is 0 Å². The van der Waals surface area contributed by atoms with E-state index in [1.54, 1.807) is 0 Å². The van der Waals surface area contributed by atoms with Crippen LogP contribution in [0.25, 0.3) is 0 Å². The van der Waals surface area contributed by atoms with Gasteiger partial charge in [0, 0.05) is 18.6 Å². The van der Waals surface area contributed by atoms with Crippen LogP contribution in [-0.2, 0) is 9.53 Å². The van der Waals surface area contributed by atoms with Gasteiger partial charge in [0.15, 0.2) is 0 Å². The monoisotopic (exact) mass is 162 g/mol. The fourth-order valence-corrected chi connectivity index (χ4v) is 1.21. The minimum absolute atomic E-state index is 0.226. The van der Waals surface area contributed by atoms with Gasteiger partial charge < -0.3 is 4.74 Å². The van der Waals surface area contributed by atoms with E-state index >= 15 is 0 Å². The Morgan fingerprint density at radius 1 is 1.50 bits per heavy atom. The Hall–Kier alpha value is -0.0800. The van der Waals surface area contributed by atoms with Gasteiger partial charge in [-0.05, 0) is 24.4 Å². The highest BCUT2D eigenvalue weighted by atomic mass is 35.5. The number of hydrogen-bond acceptors (Lipinski definition) is 2. The van der Waals surface area contributed by atoms with Crippen molar-refractivity contribution in [2.75, 3.05) is 13.2 Å². The van der Waals surface area contributed by atoms with E-state index < -0.39 is 0 Å². The smallest absolute Gasteiger partial charge is 0.227 e. The predicted molar refractivity (Wildman–Crippen MR) is 39.0 cm³/mol. The molecule has 0 bridgehead atoms. The predicted octanol–water partition coefficient (Wildman–Crippen LogP) is 1.57. The highest BCUT2D eigenvalue weighted by Gasteiger charge is 2.33. The summed E-state index contributed by atoms with van der Waals surface area (Å²) in [6.07, 6.45) is 1.52. The maximum atomic E-state index is 10.8. The third-order valence-corrected chi connectivity index (χ3v) is 2.53. The molecule has 0 aromatic rings. The fourth-order valence-electron chi connectivity index (χ4n) is 1.02. The van der Waals surface area contributed by atoms with Crippen LogP contribution in [0.4, 0.5) is 0 Å². The largest absolute Gasteiger partial charge is 0.381 e. The number of carbonyl (C=O) groups is 1. The Balaban J connectivity index is 2.56. The lowest BCUT2D eigenvalue weighted by molar-refractivity contribution is -0.124. The van der Waals surface area contributed by atoms with Crippen molar-refractivity contribution in [1.82, 2.24) is 0 Å². The van der Waals surface area contributed by atoms with Crippen molar-refractivity contribution in [2.45, 2.75) is 19.8 Å². The third-order valence-electron chi connectivity index (χ3n) is 2.07. The summed E-state index contributed by atoms with van der Waals surface area (Å²) >= 11 is 5.40. The first-order chi connectivity index (χ1) is 4.65. The molecular formula is C7H11ClO2. The maximum absolute atomic E-state index is 10.8. The van der Waals surface area contributed by atoms with Crippen molar-refractivity contribution >= 4 is 16.8 Å². The van der Waals surface area contributed by atoms with Gasteiger partial charge in [-0.1, -0.05) is 6.92 Å². The minimum Gasteiger partial charge on any atom is -0.381 e. The molecule has 0 N–H and O–H groups in total. The highest BCUT2D eigenvalue weighted by molar-refractivity contribution is 6.64. The number of halogens is 1. The second kappa shape index (κ2) is 2.89. The van der Waals surface area contributed by atoms with E-state index in [9.17, 15) is 4.79 Å². The summed E-state index contributed by atoms with van der Waals surface area (Å²) in [5.41, 5.74) is -0.320. The summed E-state index contributed by atoms with van der Waals surface area (Å²) in [6, 6.07) is 0. The molecule has 0 saturated carbocycles. The summed E-state index contributed by atoms with van der Waals surface area (Å²) < 4.78 is 5.10. The van der Waals surface area contributed by atoms with E-state index in [-0.39, 0.29) is 10.7 Å². The second-order valence-electron chi connectivity index (χ2n) is 2.95. The Kier molecular flexibility index (Phi) is 2.32. The van der Waals surface area contributed by atoms with Crippen LogP contribution in [0.5, 0.6) is 0 Å². The van der Waals surface area contributed by atoms with Gasteiger partial charge >= 0.3 is 0 Å². The van der Waals surface area contributed by atoms with Crippen LogP contribution in [0.2, 0.25) is 0 Å². The molecule has 0 unspecified atom stereocenters. The number of carbonyl (C=O) groups excluding carboxylic acids is 1. The SMILES string of the molecule is CC1(C(=O)Cl)CCOCC1. The Morgan fingerprint density at radius 2 is 2.00 bits per heavy atom. The first kappa shape index (κ1) is 8.02. The number of rotatable bonds is 1. The Morgan fingerprint density at radius 3 is 2.30 bits per heavy atom. The lowest BCUT2D eigenvalue weighted by Gasteiger charge is -2.29. The Labute approximate surface area is 65.5 Å². The number of hydrogen-bond donors (Lipinski definition) is 0. The molecule has 0 spiro atoms. The molecule has 2 nitrogen and oxygen atoms in total. The third kappa shape index (κ3) is 1.50. The van der Waals surface area contributed by atoms with Crippen LogP contribution in [0, 0.1) is 5.41 Å². The molecule has 1 heterocycles. The molecule has 0 radical (unpaired) electrons. The van der Waals surface area contributed by atoms with Gasteiger partial charge in [0.2, 0.25) is 5.24 Å². The lowest BCUT2D eigenvalue weighted by atomic mass is 9.84. The van der Waals surface area contributed by atoms with Crippen LogP contribution in [0.1, 0.15) is 19.8 Å². The van der Waals surface area contributed by atoms with Gasteiger partial charge in [0.05, 0.1) is 0 Å². The molecule has 1 aliphatic rings. The van der Waals surface area contributed by atoms with Crippen LogP contribution in [0.15, 0.2) is 0 Å². The molecule has 0 amide bonds. The van der Waals surface area contributed by atoms with Crippen molar-refractivity contribution in [3.8, 4) is 0 Å². The van der Waals surface area contributed by atoms with Gasteiger partial charge in [0.25, 0.3) is 0 Å². The lowest BCUT2D eigenvalue weighted by Crippen LogP contribution is -2.31. The molecule has 0 aliphatic carbocycles. The Bertz CT molecular complexity index is 139. The molecule has 1 saturated heterocycles. The zero-order valence-corrected chi connectivity index (χ0v) is 6.78. The van der Waals surface area contributed by atoms with E-state index in [4.69, 9.17) is 16.3 Å². The van der Waals surface area contributed by atoms with Crippen molar-refractivity contribution in [3.63, 3.8) is 0 Å². The summed E-state index contributed by atoms with van der Waals surface area (Å²) in [6.45, 7) is 3.22. The second-order valence-corrected chi connectivity index (χ2v) is 3.29. The van der Waals surface area contributed by atoms with Crippen LogP contribution in [-0.4, -0.2) is 18.5 Å². The normalized spacial score (nSPS) is 24.2. The molecule has 1 fully saturated rings. The van der Waals surface area contributed by atoms with Crippen LogP contribution >= 0.6 is 11.6 Å². The van der Waals surface area contributed by atoms with Crippen molar-refractivity contribution < 1.29 is 9.53 Å². The zero-order chi connectivity index (χ0) is 7.61. The quantitative estimate of drug-likeness (QED) is 0.547. The fraction of sp³-hybridized carbons (Fsp3) is 0.857. The maximum Gasteiger partial charge on any atom is 0.227 e. The molecule has 1 aliphatic heterocycles. The minimum atomic E-state index is -0.320. The first-order valence-electron chi connectivity index (χ1n) is 3.43. The van der Waals surface area contributed by atoms with Crippen LogP contribution in [0.3, 0.4) is 0 Å². The average molecular weight is 163 g/mol. The van der Waals surface area contributed by atoms with E-state index in [1.807, 2.05) is 6.92 Å². The summed E-state index contributed by atoms with van der Waals surface area (Å²) in [5, 5.41) is -0.226. The highest BCUT2D eigenvalue weighted by Crippen LogP contribution is 2.31. The van der Waals surface area contributed by atoms with E-state index in [0.717, 1.165) is 12.8 Å². The molecular weight excluding hydrogens is 152 g/mol.